The summed E-state index contributed by atoms with van der Waals surface area (Å²) in [6, 6.07) is 3.28. The van der Waals surface area contributed by atoms with E-state index in [1.165, 1.54) is 0 Å². The highest BCUT2D eigenvalue weighted by atomic mass is 35.5. The van der Waals surface area contributed by atoms with Gasteiger partial charge in [-0.2, -0.15) is 0 Å². The fraction of sp³-hybridized carbons (Fsp3) is 0.455. The minimum atomic E-state index is -0.399. The first-order chi connectivity index (χ1) is 7.58. The number of pyridine rings is 1. The number of hydrogen-bond acceptors (Lipinski definition) is 3. The van der Waals surface area contributed by atoms with Gasteiger partial charge in [0.2, 0.25) is 0 Å². The number of rotatable bonds is 1. The monoisotopic (exact) mass is 240 g/mol. The zero-order valence-corrected chi connectivity index (χ0v) is 9.74. The number of β-amino-alcohol motifs (C(OH)–C–C–N with tert-alkyl or cyclic N) is 1. The summed E-state index contributed by atoms with van der Waals surface area (Å²) in [7, 11) is 0. The van der Waals surface area contributed by atoms with Crippen LogP contribution in [0.2, 0.25) is 5.15 Å². The molecule has 1 aliphatic heterocycles. The van der Waals surface area contributed by atoms with Crippen LogP contribution in [0.3, 0.4) is 0 Å². The Morgan fingerprint density at radius 1 is 1.62 bits per heavy atom. The van der Waals surface area contributed by atoms with E-state index in [-0.39, 0.29) is 5.91 Å². The summed E-state index contributed by atoms with van der Waals surface area (Å²) in [4.78, 5) is 17.7. The predicted molar refractivity (Wildman–Crippen MR) is 60.5 cm³/mol. The number of aliphatic hydroxyl groups excluding tert-OH is 1. The largest absolute Gasteiger partial charge is 0.391 e. The maximum Gasteiger partial charge on any atom is 0.255 e. The first-order valence-electron chi connectivity index (χ1n) is 5.18. The number of aromatic nitrogens is 1. The molecule has 0 spiro atoms. The van der Waals surface area contributed by atoms with E-state index in [0.29, 0.717) is 35.9 Å². The molecule has 1 N–H and O–H groups in total. The van der Waals surface area contributed by atoms with Crippen LogP contribution in [0, 0.1) is 6.92 Å². The lowest BCUT2D eigenvalue weighted by Gasteiger charge is -2.16. The third-order valence-corrected chi connectivity index (χ3v) is 2.94. The van der Waals surface area contributed by atoms with Crippen LogP contribution in [0.5, 0.6) is 0 Å². The van der Waals surface area contributed by atoms with Gasteiger partial charge in [-0.25, -0.2) is 4.98 Å². The topological polar surface area (TPSA) is 53.4 Å². The Kier molecular flexibility index (Phi) is 3.12. The number of aliphatic hydroxyl groups is 1. The van der Waals surface area contributed by atoms with Crippen LogP contribution < -0.4 is 0 Å². The molecule has 0 aliphatic carbocycles. The third-order valence-electron chi connectivity index (χ3n) is 2.73. The Morgan fingerprint density at radius 3 is 2.94 bits per heavy atom. The molecule has 0 radical (unpaired) electrons. The normalized spacial score (nSPS) is 20.2. The molecule has 16 heavy (non-hydrogen) atoms. The van der Waals surface area contributed by atoms with Crippen molar-refractivity contribution in [1.29, 1.82) is 0 Å². The van der Waals surface area contributed by atoms with Gasteiger partial charge in [0, 0.05) is 13.1 Å². The highest BCUT2D eigenvalue weighted by Crippen LogP contribution is 2.16. The number of nitrogens with zero attached hydrogens (tertiary/aromatic N) is 2. The van der Waals surface area contributed by atoms with Gasteiger partial charge >= 0.3 is 0 Å². The number of hydrogen-bond donors (Lipinski definition) is 1. The number of carbonyl (C=O) groups is 1. The van der Waals surface area contributed by atoms with Crippen molar-refractivity contribution < 1.29 is 9.90 Å². The van der Waals surface area contributed by atoms with Crippen molar-refractivity contribution in [3.05, 3.63) is 28.5 Å². The minimum absolute atomic E-state index is 0.0850. The first kappa shape index (κ1) is 11.4. The van der Waals surface area contributed by atoms with Crippen molar-refractivity contribution >= 4 is 17.5 Å². The van der Waals surface area contributed by atoms with Crippen LogP contribution in [0.25, 0.3) is 0 Å². The number of halogens is 1. The van der Waals surface area contributed by atoms with Crippen molar-refractivity contribution in [3.63, 3.8) is 0 Å². The fourth-order valence-electron chi connectivity index (χ4n) is 1.85. The molecule has 1 fully saturated rings. The van der Waals surface area contributed by atoms with Crippen LogP contribution >= 0.6 is 11.6 Å². The maximum absolute atomic E-state index is 12.1. The molecule has 0 saturated carbocycles. The first-order valence-corrected chi connectivity index (χ1v) is 5.56. The Bertz CT molecular complexity index is 422. The number of aryl methyl sites for hydroxylation is 1. The van der Waals surface area contributed by atoms with Gasteiger partial charge in [0.05, 0.1) is 17.4 Å². The molecular weight excluding hydrogens is 228 g/mol. The van der Waals surface area contributed by atoms with Gasteiger partial charge in [-0.1, -0.05) is 11.6 Å². The molecule has 1 aromatic heterocycles. The van der Waals surface area contributed by atoms with Gasteiger partial charge in [0.25, 0.3) is 5.91 Å². The Balaban J connectivity index is 2.21. The molecule has 1 atom stereocenters. The van der Waals surface area contributed by atoms with Crippen LogP contribution in [0.15, 0.2) is 12.1 Å². The lowest BCUT2D eigenvalue weighted by Crippen LogP contribution is -2.30. The highest BCUT2D eigenvalue weighted by molar-refractivity contribution is 6.29. The van der Waals surface area contributed by atoms with Gasteiger partial charge in [0.1, 0.15) is 5.15 Å². The summed E-state index contributed by atoms with van der Waals surface area (Å²) >= 11 is 5.73. The summed E-state index contributed by atoms with van der Waals surface area (Å²) in [6.45, 7) is 2.76. The lowest BCUT2D eigenvalue weighted by atomic mass is 10.2. The second kappa shape index (κ2) is 4.39. The van der Waals surface area contributed by atoms with Crippen molar-refractivity contribution in [1.82, 2.24) is 9.88 Å². The average Bonchev–Trinajstić information content (AvgIpc) is 2.64. The summed E-state index contributed by atoms with van der Waals surface area (Å²) in [5.41, 5.74) is 1.18. The molecule has 2 rings (SSSR count). The van der Waals surface area contributed by atoms with Gasteiger partial charge in [-0.3, -0.25) is 4.79 Å². The van der Waals surface area contributed by atoms with Crippen molar-refractivity contribution in [2.75, 3.05) is 13.1 Å². The molecule has 0 aromatic carbocycles. The third kappa shape index (κ3) is 2.18. The van der Waals surface area contributed by atoms with Crippen LogP contribution in [0.4, 0.5) is 0 Å². The van der Waals surface area contributed by atoms with E-state index >= 15 is 0 Å². The van der Waals surface area contributed by atoms with Crippen molar-refractivity contribution in [2.24, 2.45) is 0 Å². The summed E-state index contributed by atoms with van der Waals surface area (Å²) < 4.78 is 0. The SMILES string of the molecule is Cc1nc(Cl)ccc1C(=O)N1CC[C@@H](O)C1. The van der Waals surface area contributed by atoms with E-state index in [2.05, 4.69) is 4.98 Å². The molecule has 0 unspecified atom stereocenters. The molecule has 1 aromatic rings. The van der Waals surface area contributed by atoms with E-state index in [1.54, 1.807) is 24.0 Å². The molecule has 1 saturated heterocycles. The quantitative estimate of drug-likeness (QED) is 0.752. The molecule has 2 heterocycles. The second-order valence-electron chi connectivity index (χ2n) is 3.96. The molecule has 5 heteroatoms. The van der Waals surface area contributed by atoms with E-state index < -0.39 is 6.10 Å². The van der Waals surface area contributed by atoms with E-state index in [4.69, 9.17) is 11.6 Å². The summed E-state index contributed by atoms with van der Waals surface area (Å²) in [5.74, 6) is -0.0850. The lowest BCUT2D eigenvalue weighted by molar-refractivity contribution is 0.0764. The molecular formula is C11H13ClN2O2. The second-order valence-corrected chi connectivity index (χ2v) is 4.35. The standard InChI is InChI=1S/C11H13ClN2O2/c1-7-9(2-3-10(12)13-7)11(16)14-5-4-8(15)6-14/h2-3,8,15H,4-6H2,1H3/t8-/m1/s1. The summed E-state index contributed by atoms with van der Waals surface area (Å²) in [6.07, 6.45) is 0.246. The number of amides is 1. The predicted octanol–water partition coefficient (Wildman–Crippen LogP) is 1.25. The Morgan fingerprint density at radius 2 is 2.38 bits per heavy atom. The van der Waals surface area contributed by atoms with Crippen LogP contribution in [-0.4, -0.2) is 40.1 Å². The fourth-order valence-corrected chi connectivity index (χ4v) is 2.04. The maximum atomic E-state index is 12.1. The van der Waals surface area contributed by atoms with E-state index in [0.717, 1.165) is 0 Å². The minimum Gasteiger partial charge on any atom is -0.391 e. The average molecular weight is 241 g/mol. The molecule has 1 aliphatic rings. The van der Waals surface area contributed by atoms with Gasteiger partial charge in [0.15, 0.2) is 0 Å². The van der Waals surface area contributed by atoms with Crippen LogP contribution in [-0.2, 0) is 0 Å². The smallest absolute Gasteiger partial charge is 0.255 e. The summed E-state index contributed by atoms with van der Waals surface area (Å²) in [5, 5.41) is 9.76. The Hall–Kier alpha value is -1.13. The Labute approximate surface area is 98.9 Å². The molecule has 4 nitrogen and oxygen atoms in total. The highest BCUT2D eigenvalue weighted by Gasteiger charge is 2.26. The van der Waals surface area contributed by atoms with Gasteiger partial charge < -0.3 is 10.0 Å². The van der Waals surface area contributed by atoms with E-state index in [9.17, 15) is 9.90 Å². The molecule has 0 bridgehead atoms. The number of likely N-dealkylation sites (tertiary alicyclic amines) is 1. The van der Waals surface area contributed by atoms with Crippen molar-refractivity contribution in [2.45, 2.75) is 19.4 Å². The zero-order valence-electron chi connectivity index (χ0n) is 8.98. The van der Waals surface area contributed by atoms with Crippen molar-refractivity contribution in [3.8, 4) is 0 Å². The van der Waals surface area contributed by atoms with Gasteiger partial charge in [-0.15, -0.1) is 0 Å². The van der Waals surface area contributed by atoms with Gasteiger partial charge in [-0.05, 0) is 25.5 Å². The van der Waals surface area contributed by atoms with E-state index in [1.807, 2.05) is 0 Å². The number of carbonyl (C=O) groups excluding carboxylic acids is 1. The van der Waals surface area contributed by atoms with Crippen LogP contribution in [0.1, 0.15) is 22.5 Å². The zero-order chi connectivity index (χ0) is 11.7. The molecule has 86 valence electrons. The molecule has 1 amide bonds.